The predicted octanol–water partition coefficient (Wildman–Crippen LogP) is 2.29. The van der Waals surface area contributed by atoms with Crippen LogP contribution < -0.4 is 4.74 Å². The van der Waals surface area contributed by atoms with Crippen molar-refractivity contribution < 1.29 is 9.84 Å². The van der Waals surface area contributed by atoms with Gasteiger partial charge < -0.3 is 9.84 Å². The van der Waals surface area contributed by atoms with Crippen LogP contribution in [0.1, 0.15) is 35.0 Å². The molecule has 19 heavy (non-hydrogen) atoms. The summed E-state index contributed by atoms with van der Waals surface area (Å²) in [7, 11) is 1.92. The maximum Gasteiger partial charge on any atom is 0.130 e. The van der Waals surface area contributed by atoms with Gasteiger partial charge in [-0.15, -0.1) is 0 Å². The van der Waals surface area contributed by atoms with Gasteiger partial charge in [-0.25, -0.2) is 0 Å². The largest absolute Gasteiger partial charge is 0.487 e. The van der Waals surface area contributed by atoms with Crippen molar-refractivity contribution in [1.82, 2.24) is 9.78 Å². The van der Waals surface area contributed by atoms with Crippen molar-refractivity contribution in [2.75, 3.05) is 0 Å². The van der Waals surface area contributed by atoms with Crippen molar-refractivity contribution in [3.8, 4) is 5.75 Å². The van der Waals surface area contributed by atoms with Gasteiger partial charge in [0.1, 0.15) is 12.4 Å². The van der Waals surface area contributed by atoms with Gasteiger partial charge in [0, 0.05) is 12.6 Å². The first-order valence-corrected chi connectivity index (χ1v) is 6.57. The Balaban J connectivity index is 1.80. The summed E-state index contributed by atoms with van der Waals surface area (Å²) in [5, 5.41) is 14.2. The molecule has 1 aliphatic rings. The van der Waals surface area contributed by atoms with Crippen molar-refractivity contribution in [2.45, 2.75) is 32.5 Å². The number of hydrogen-bond donors (Lipinski definition) is 1. The number of aliphatic hydroxyl groups is 1. The number of nitrogens with zero attached hydrogens (tertiary/aromatic N) is 2. The second-order valence-corrected chi connectivity index (χ2v) is 5.07. The zero-order chi connectivity index (χ0) is 13.4. The van der Waals surface area contributed by atoms with E-state index in [1.807, 2.05) is 42.9 Å². The number of hydrogen-bond acceptors (Lipinski definition) is 3. The van der Waals surface area contributed by atoms with E-state index in [4.69, 9.17) is 4.74 Å². The highest BCUT2D eigenvalue weighted by molar-refractivity contribution is 5.44. The normalized spacial score (nSPS) is 17.5. The molecule has 1 unspecified atom stereocenters. The molecular weight excluding hydrogens is 240 g/mol. The zero-order valence-electron chi connectivity index (χ0n) is 11.3. The van der Waals surface area contributed by atoms with Crippen LogP contribution in [0.3, 0.4) is 0 Å². The highest BCUT2D eigenvalue weighted by Gasteiger charge is 2.23. The standard InChI is InChI=1S/C15H18N2O2/c1-10-8-11(17(2)16-10)9-19-15-5-3-4-12-13(15)6-7-14(12)18/h3-5,8,14,18H,6-7,9H2,1-2H3. The number of aryl methyl sites for hydroxylation is 2. The molecule has 1 aromatic heterocycles. The summed E-state index contributed by atoms with van der Waals surface area (Å²) >= 11 is 0. The minimum Gasteiger partial charge on any atom is -0.487 e. The number of benzene rings is 1. The molecule has 1 heterocycles. The third kappa shape index (κ3) is 2.24. The molecule has 4 heteroatoms. The molecule has 0 bridgehead atoms. The lowest BCUT2D eigenvalue weighted by Crippen LogP contribution is -2.04. The molecule has 0 fully saturated rings. The molecule has 0 saturated carbocycles. The summed E-state index contributed by atoms with van der Waals surface area (Å²) in [6.45, 7) is 2.48. The molecule has 2 aromatic rings. The van der Waals surface area contributed by atoms with Gasteiger partial charge in [-0.05, 0) is 37.5 Å². The predicted molar refractivity (Wildman–Crippen MR) is 72.0 cm³/mol. The molecule has 0 aliphatic heterocycles. The van der Waals surface area contributed by atoms with E-state index >= 15 is 0 Å². The van der Waals surface area contributed by atoms with Gasteiger partial charge in [-0.2, -0.15) is 5.10 Å². The van der Waals surface area contributed by atoms with E-state index in [-0.39, 0.29) is 6.10 Å². The van der Waals surface area contributed by atoms with Crippen molar-refractivity contribution >= 4 is 0 Å². The Bertz CT molecular complexity index is 604. The van der Waals surface area contributed by atoms with Crippen LogP contribution in [0, 0.1) is 6.92 Å². The average molecular weight is 258 g/mol. The van der Waals surface area contributed by atoms with Crippen LogP contribution in [-0.2, 0) is 20.1 Å². The van der Waals surface area contributed by atoms with Gasteiger partial charge in [0.25, 0.3) is 0 Å². The average Bonchev–Trinajstić information content (AvgIpc) is 2.91. The van der Waals surface area contributed by atoms with Gasteiger partial charge in [0.05, 0.1) is 17.5 Å². The van der Waals surface area contributed by atoms with Crippen molar-refractivity contribution in [2.24, 2.45) is 7.05 Å². The second kappa shape index (κ2) is 4.70. The Morgan fingerprint density at radius 2 is 2.32 bits per heavy atom. The maximum absolute atomic E-state index is 9.87. The molecule has 0 radical (unpaired) electrons. The van der Waals surface area contributed by atoms with Gasteiger partial charge in [0.15, 0.2) is 0 Å². The lowest BCUT2D eigenvalue weighted by molar-refractivity contribution is 0.180. The molecule has 0 amide bonds. The van der Waals surface area contributed by atoms with Crippen LogP contribution in [0.5, 0.6) is 5.75 Å². The van der Waals surface area contributed by atoms with E-state index in [9.17, 15) is 5.11 Å². The first-order chi connectivity index (χ1) is 9.15. The lowest BCUT2D eigenvalue weighted by atomic mass is 10.1. The molecule has 3 rings (SSSR count). The maximum atomic E-state index is 9.87. The van der Waals surface area contributed by atoms with Crippen molar-refractivity contribution in [1.29, 1.82) is 0 Å². The number of aromatic nitrogens is 2. The zero-order valence-corrected chi connectivity index (χ0v) is 11.3. The van der Waals surface area contributed by atoms with Crippen LogP contribution in [-0.4, -0.2) is 14.9 Å². The minimum absolute atomic E-state index is 0.336. The summed E-state index contributed by atoms with van der Waals surface area (Å²) in [6.07, 6.45) is 1.34. The molecule has 100 valence electrons. The summed E-state index contributed by atoms with van der Waals surface area (Å²) < 4.78 is 7.75. The van der Waals surface area contributed by atoms with E-state index in [1.165, 1.54) is 0 Å². The smallest absolute Gasteiger partial charge is 0.130 e. The Hall–Kier alpha value is -1.81. The molecule has 1 aliphatic carbocycles. The van der Waals surface area contributed by atoms with E-state index in [1.54, 1.807) is 0 Å². The van der Waals surface area contributed by atoms with Gasteiger partial charge >= 0.3 is 0 Å². The number of rotatable bonds is 3. The third-order valence-electron chi connectivity index (χ3n) is 3.67. The van der Waals surface area contributed by atoms with Crippen LogP contribution in [0.4, 0.5) is 0 Å². The molecular formula is C15H18N2O2. The Kier molecular flexibility index (Phi) is 3.03. The third-order valence-corrected chi connectivity index (χ3v) is 3.67. The SMILES string of the molecule is Cc1cc(COc2cccc3c2CCC3O)n(C)n1. The van der Waals surface area contributed by atoms with Crippen LogP contribution >= 0.6 is 0 Å². The molecule has 0 spiro atoms. The molecule has 1 N–H and O–H groups in total. The first-order valence-electron chi connectivity index (χ1n) is 6.57. The molecule has 0 saturated heterocycles. The second-order valence-electron chi connectivity index (χ2n) is 5.07. The van der Waals surface area contributed by atoms with Crippen LogP contribution in [0.2, 0.25) is 0 Å². The number of aliphatic hydroxyl groups excluding tert-OH is 1. The lowest BCUT2D eigenvalue weighted by Gasteiger charge is -2.11. The molecule has 1 aromatic carbocycles. The summed E-state index contributed by atoms with van der Waals surface area (Å²) in [6, 6.07) is 7.92. The number of ether oxygens (including phenoxy) is 1. The van der Waals surface area contributed by atoms with Crippen LogP contribution in [0.25, 0.3) is 0 Å². The molecule has 4 nitrogen and oxygen atoms in total. The van der Waals surface area contributed by atoms with E-state index in [2.05, 4.69) is 5.10 Å². The van der Waals surface area contributed by atoms with Gasteiger partial charge in [0.2, 0.25) is 0 Å². The fourth-order valence-electron chi connectivity index (χ4n) is 2.69. The van der Waals surface area contributed by atoms with Gasteiger partial charge in [-0.1, -0.05) is 12.1 Å². The fourth-order valence-corrected chi connectivity index (χ4v) is 2.69. The van der Waals surface area contributed by atoms with Gasteiger partial charge in [-0.3, -0.25) is 4.68 Å². The highest BCUT2D eigenvalue weighted by Crippen LogP contribution is 2.36. The van der Waals surface area contributed by atoms with E-state index in [0.717, 1.165) is 41.1 Å². The summed E-state index contributed by atoms with van der Waals surface area (Å²) in [5.74, 6) is 0.882. The fraction of sp³-hybridized carbons (Fsp3) is 0.400. The van der Waals surface area contributed by atoms with Crippen molar-refractivity contribution in [3.05, 3.63) is 46.8 Å². The van der Waals surface area contributed by atoms with E-state index in [0.29, 0.717) is 6.61 Å². The Morgan fingerprint density at radius 3 is 3.05 bits per heavy atom. The molecule has 1 atom stereocenters. The summed E-state index contributed by atoms with van der Waals surface area (Å²) in [5.41, 5.74) is 4.20. The topological polar surface area (TPSA) is 47.3 Å². The van der Waals surface area contributed by atoms with Crippen molar-refractivity contribution in [3.63, 3.8) is 0 Å². The quantitative estimate of drug-likeness (QED) is 0.918. The number of fused-ring (bicyclic) bond motifs is 1. The first kappa shape index (κ1) is 12.2. The Labute approximate surface area is 112 Å². The summed E-state index contributed by atoms with van der Waals surface area (Å²) in [4.78, 5) is 0. The van der Waals surface area contributed by atoms with E-state index < -0.39 is 0 Å². The van der Waals surface area contributed by atoms with Crippen LogP contribution in [0.15, 0.2) is 24.3 Å². The highest BCUT2D eigenvalue weighted by atomic mass is 16.5. The monoisotopic (exact) mass is 258 g/mol. The minimum atomic E-state index is -0.336. The Morgan fingerprint density at radius 1 is 1.47 bits per heavy atom.